The molecule has 0 saturated carbocycles. The normalized spacial score (nSPS) is 21.5. The molecular formula is C25H42N4O2. The first kappa shape index (κ1) is 24.0. The van der Waals surface area contributed by atoms with Gasteiger partial charge in [0.15, 0.2) is 5.96 Å². The highest BCUT2D eigenvalue weighted by molar-refractivity contribution is 5.79. The van der Waals surface area contributed by atoms with E-state index in [1.54, 1.807) is 7.11 Å². The number of hydrogen-bond donors (Lipinski definition) is 1. The maximum atomic E-state index is 5.98. The van der Waals surface area contributed by atoms with Crippen molar-refractivity contribution in [3.8, 4) is 0 Å². The number of hydrogen-bond acceptors (Lipinski definition) is 4. The molecule has 2 aliphatic heterocycles. The number of nitrogens with zero attached hydrogens (tertiary/aromatic N) is 3. The van der Waals surface area contributed by atoms with E-state index in [1.807, 2.05) is 7.05 Å². The Morgan fingerprint density at radius 1 is 1.03 bits per heavy atom. The van der Waals surface area contributed by atoms with E-state index in [1.165, 1.54) is 36.9 Å². The van der Waals surface area contributed by atoms with Gasteiger partial charge in [-0.25, -0.2) is 0 Å². The van der Waals surface area contributed by atoms with Crippen LogP contribution in [0.3, 0.4) is 0 Å². The quantitative estimate of drug-likeness (QED) is 0.368. The fourth-order valence-electron chi connectivity index (χ4n) is 4.59. The summed E-state index contributed by atoms with van der Waals surface area (Å²) >= 11 is 0. The van der Waals surface area contributed by atoms with Crippen LogP contribution in [0.5, 0.6) is 0 Å². The molecule has 1 atom stereocenters. The second kappa shape index (κ2) is 13.0. The van der Waals surface area contributed by atoms with Gasteiger partial charge < -0.3 is 19.7 Å². The summed E-state index contributed by atoms with van der Waals surface area (Å²) in [6, 6.07) is 9.79. The number of piperidine rings is 2. The molecule has 0 aromatic heterocycles. The largest absolute Gasteiger partial charge is 0.385 e. The van der Waals surface area contributed by atoms with Gasteiger partial charge in [-0.2, -0.15) is 0 Å². The SMILES string of the molecule is CN=C(NCc1ccc(CN2CCCCC2C)cc1)N1CCC(OCCCOC)CC1. The van der Waals surface area contributed by atoms with Gasteiger partial charge in [0, 0.05) is 59.6 Å². The number of guanidine groups is 1. The summed E-state index contributed by atoms with van der Waals surface area (Å²) in [6.45, 7) is 9.00. The van der Waals surface area contributed by atoms with Crippen molar-refractivity contribution in [2.75, 3.05) is 47.0 Å². The topological polar surface area (TPSA) is 49.3 Å². The Kier molecular flexibility index (Phi) is 10.1. The van der Waals surface area contributed by atoms with Crippen LogP contribution in [0.4, 0.5) is 0 Å². The molecule has 1 aromatic carbocycles. The molecular weight excluding hydrogens is 388 g/mol. The number of rotatable bonds is 9. The summed E-state index contributed by atoms with van der Waals surface area (Å²) < 4.78 is 11.1. The number of ether oxygens (including phenoxy) is 2. The fourth-order valence-corrected chi connectivity index (χ4v) is 4.59. The van der Waals surface area contributed by atoms with Crippen molar-refractivity contribution >= 4 is 5.96 Å². The molecule has 1 unspecified atom stereocenters. The van der Waals surface area contributed by atoms with E-state index in [-0.39, 0.29) is 0 Å². The molecule has 31 heavy (non-hydrogen) atoms. The van der Waals surface area contributed by atoms with Crippen LogP contribution in [0, 0.1) is 0 Å². The summed E-state index contributed by atoms with van der Waals surface area (Å²) in [7, 11) is 3.61. The minimum atomic E-state index is 0.362. The fraction of sp³-hybridized carbons (Fsp3) is 0.720. The van der Waals surface area contributed by atoms with Gasteiger partial charge in [0.1, 0.15) is 0 Å². The van der Waals surface area contributed by atoms with Crippen LogP contribution in [0.1, 0.15) is 56.6 Å². The molecule has 1 N–H and O–H groups in total. The van der Waals surface area contributed by atoms with Crippen molar-refractivity contribution in [1.82, 2.24) is 15.1 Å². The molecule has 0 radical (unpaired) electrons. The van der Waals surface area contributed by atoms with Crippen LogP contribution < -0.4 is 5.32 Å². The Balaban J connectivity index is 1.39. The van der Waals surface area contributed by atoms with Crippen LogP contribution in [-0.4, -0.2) is 74.9 Å². The number of methoxy groups -OCH3 is 1. The molecule has 174 valence electrons. The monoisotopic (exact) mass is 430 g/mol. The average molecular weight is 431 g/mol. The minimum absolute atomic E-state index is 0.362. The number of benzene rings is 1. The van der Waals surface area contributed by atoms with Gasteiger partial charge in [0.05, 0.1) is 6.10 Å². The van der Waals surface area contributed by atoms with E-state index in [4.69, 9.17) is 9.47 Å². The Hall–Kier alpha value is -1.63. The maximum absolute atomic E-state index is 5.98. The van der Waals surface area contributed by atoms with Gasteiger partial charge in [-0.15, -0.1) is 0 Å². The van der Waals surface area contributed by atoms with Crippen molar-refractivity contribution in [2.24, 2.45) is 4.99 Å². The third-order valence-corrected chi connectivity index (χ3v) is 6.60. The zero-order valence-electron chi connectivity index (χ0n) is 19.8. The Morgan fingerprint density at radius 2 is 1.77 bits per heavy atom. The van der Waals surface area contributed by atoms with Crippen molar-refractivity contribution < 1.29 is 9.47 Å². The third kappa shape index (κ3) is 7.78. The first-order valence-electron chi connectivity index (χ1n) is 12.1. The van der Waals surface area contributed by atoms with Crippen LogP contribution in [0.15, 0.2) is 29.3 Å². The lowest BCUT2D eigenvalue weighted by Crippen LogP contribution is -2.46. The summed E-state index contributed by atoms with van der Waals surface area (Å²) in [5, 5.41) is 3.55. The highest BCUT2D eigenvalue weighted by Crippen LogP contribution is 2.19. The highest BCUT2D eigenvalue weighted by atomic mass is 16.5. The maximum Gasteiger partial charge on any atom is 0.193 e. The molecule has 0 spiro atoms. The van der Waals surface area contributed by atoms with E-state index < -0.39 is 0 Å². The minimum Gasteiger partial charge on any atom is -0.385 e. The molecule has 0 aliphatic carbocycles. The molecule has 6 heteroatoms. The van der Waals surface area contributed by atoms with Gasteiger partial charge in [0.2, 0.25) is 0 Å². The van der Waals surface area contributed by atoms with Gasteiger partial charge in [-0.1, -0.05) is 30.7 Å². The molecule has 6 nitrogen and oxygen atoms in total. The van der Waals surface area contributed by atoms with Crippen molar-refractivity contribution in [3.63, 3.8) is 0 Å². The standard InChI is InChI=1S/C25H42N4O2/c1-21-7-4-5-14-29(21)20-23-10-8-22(9-11-23)19-27-25(26-2)28-15-12-24(13-16-28)31-18-6-17-30-3/h8-11,21,24H,4-7,12-20H2,1-3H3,(H,26,27). The molecule has 0 bridgehead atoms. The average Bonchev–Trinajstić information content (AvgIpc) is 2.80. The first-order chi connectivity index (χ1) is 15.2. The van der Waals surface area contributed by atoms with Crippen LogP contribution >= 0.6 is 0 Å². The lowest BCUT2D eigenvalue weighted by atomic mass is 10.0. The lowest BCUT2D eigenvalue weighted by Gasteiger charge is -2.34. The van der Waals surface area contributed by atoms with Gasteiger partial charge in [0.25, 0.3) is 0 Å². The highest BCUT2D eigenvalue weighted by Gasteiger charge is 2.22. The lowest BCUT2D eigenvalue weighted by molar-refractivity contribution is 0.00989. The number of likely N-dealkylation sites (tertiary alicyclic amines) is 2. The van der Waals surface area contributed by atoms with E-state index in [0.717, 1.165) is 64.6 Å². The Bertz CT molecular complexity index is 656. The summed E-state index contributed by atoms with van der Waals surface area (Å²) in [6.07, 6.45) is 7.48. The van der Waals surface area contributed by atoms with Crippen LogP contribution in [0.2, 0.25) is 0 Å². The van der Waals surface area contributed by atoms with Crippen molar-refractivity contribution in [1.29, 1.82) is 0 Å². The molecule has 2 saturated heterocycles. The van der Waals surface area contributed by atoms with Crippen LogP contribution in [0.25, 0.3) is 0 Å². The van der Waals surface area contributed by atoms with E-state index in [0.29, 0.717) is 12.1 Å². The molecule has 3 rings (SSSR count). The molecule has 2 fully saturated rings. The smallest absolute Gasteiger partial charge is 0.193 e. The van der Waals surface area contributed by atoms with Gasteiger partial charge in [-0.3, -0.25) is 9.89 Å². The second-order valence-electron chi connectivity index (χ2n) is 8.94. The molecule has 2 aliphatic rings. The number of nitrogens with one attached hydrogen (secondary N) is 1. The van der Waals surface area contributed by atoms with Gasteiger partial charge in [-0.05, 0) is 56.7 Å². The van der Waals surface area contributed by atoms with E-state index in [2.05, 4.69) is 51.3 Å². The van der Waals surface area contributed by atoms with Gasteiger partial charge >= 0.3 is 0 Å². The summed E-state index contributed by atoms with van der Waals surface area (Å²) in [5.41, 5.74) is 2.71. The van der Waals surface area contributed by atoms with Crippen LogP contribution in [-0.2, 0) is 22.6 Å². The Morgan fingerprint density at radius 3 is 2.45 bits per heavy atom. The summed E-state index contributed by atoms with van der Waals surface area (Å²) in [5.74, 6) is 0.990. The predicted molar refractivity (Wildman–Crippen MR) is 127 cm³/mol. The third-order valence-electron chi connectivity index (χ3n) is 6.60. The van der Waals surface area contributed by atoms with Crippen molar-refractivity contribution in [2.45, 2.75) is 70.7 Å². The Labute approximate surface area is 189 Å². The molecule has 0 amide bonds. The molecule has 1 aromatic rings. The van der Waals surface area contributed by atoms with E-state index in [9.17, 15) is 0 Å². The zero-order chi connectivity index (χ0) is 21.9. The second-order valence-corrected chi connectivity index (χ2v) is 8.94. The molecule has 2 heterocycles. The van der Waals surface area contributed by atoms with Crippen molar-refractivity contribution in [3.05, 3.63) is 35.4 Å². The number of aliphatic imine (C=N–C) groups is 1. The predicted octanol–water partition coefficient (Wildman–Crippen LogP) is 3.65. The zero-order valence-corrected chi connectivity index (χ0v) is 19.8. The van der Waals surface area contributed by atoms with E-state index >= 15 is 0 Å². The first-order valence-corrected chi connectivity index (χ1v) is 12.1. The summed E-state index contributed by atoms with van der Waals surface area (Å²) in [4.78, 5) is 9.47.